The quantitative estimate of drug-likeness (QED) is 0.177. The molecular weight excluding hydrogens is 464 g/mol. The van der Waals surface area contributed by atoms with Gasteiger partial charge in [0.2, 0.25) is 0 Å². The van der Waals surface area contributed by atoms with Crippen LogP contribution in [0, 0.1) is 5.92 Å². The summed E-state index contributed by atoms with van der Waals surface area (Å²) in [6.07, 6.45) is 5.66. The van der Waals surface area contributed by atoms with Crippen LogP contribution in [0.2, 0.25) is 5.04 Å². The molecule has 0 aromatic heterocycles. The first-order valence-corrected chi connectivity index (χ1v) is 15.4. The third-order valence-electron chi connectivity index (χ3n) is 7.76. The number of rotatable bonds is 10. The third kappa shape index (κ3) is 5.85. The highest BCUT2D eigenvalue weighted by molar-refractivity contribution is 6.99. The molecule has 2 aromatic rings. The summed E-state index contributed by atoms with van der Waals surface area (Å²) in [5.74, 6) is -0.0454. The molecule has 2 aromatic carbocycles. The van der Waals surface area contributed by atoms with Gasteiger partial charge in [-0.15, -0.1) is 0 Å². The van der Waals surface area contributed by atoms with E-state index >= 15 is 0 Å². The molecule has 0 radical (unpaired) electrons. The Morgan fingerprint density at radius 2 is 1.56 bits per heavy atom. The van der Waals surface area contributed by atoms with E-state index in [9.17, 15) is 4.79 Å². The number of carbonyl (C=O) groups excluding carboxylic acids is 1. The van der Waals surface area contributed by atoms with E-state index < -0.39 is 8.32 Å². The molecule has 5 heteroatoms. The van der Waals surface area contributed by atoms with E-state index in [1.54, 1.807) is 0 Å². The maximum atomic E-state index is 11.7. The Morgan fingerprint density at radius 1 is 0.944 bits per heavy atom. The second-order valence-electron chi connectivity index (χ2n) is 11.5. The van der Waals surface area contributed by atoms with Crippen molar-refractivity contribution in [2.75, 3.05) is 6.61 Å². The van der Waals surface area contributed by atoms with Gasteiger partial charge >= 0.3 is 5.97 Å². The number of esters is 1. The molecule has 2 heterocycles. The molecule has 0 bridgehead atoms. The Hall–Kier alpha value is -2.21. The Morgan fingerprint density at radius 3 is 2.08 bits per heavy atom. The maximum Gasteiger partial charge on any atom is 0.309 e. The lowest BCUT2D eigenvalue weighted by Gasteiger charge is -2.43. The largest absolute Gasteiger partial charge is 0.462 e. The summed E-state index contributed by atoms with van der Waals surface area (Å²) in [7, 11) is -2.49. The molecule has 36 heavy (non-hydrogen) atoms. The van der Waals surface area contributed by atoms with Crippen molar-refractivity contribution >= 4 is 24.7 Å². The van der Waals surface area contributed by atoms with Crippen LogP contribution in [0.25, 0.3) is 0 Å². The van der Waals surface area contributed by atoms with Crippen LogP contribution in [0.5, 0.6) is 0 Å². The highest BCUT2D eigenvalue weighted by atomic mass is 28.4. The lowest BCUT2D eigenvalue weighted by molar-refractivity contribution is -0.144. The lowest BCUT2D eigenvalue weighted by atomic mass is 9.99. The van der Waals surface area contributed by atoms with Gasteiger partial charge in [0.25, 0.3) is 8.32 Å². The van der Waals surface area contributed by atoms with Crippen molar-refractivity contribution in [3.05, 3.63) is 72.8 Å². The molecule has 0 saturated carbocycles. The Labute approximate surface area is 218 Å². The van der Waals surface area contributed by atoms with E-state index in [0.717, 1.165) is 38.5 Å². The van der Waals surface area contributed by atoms with Crippen molar-refractivity contribution in [2.45, 2.75) is 89.6 Å². The van der Waals surface area contributed by atoms with E-state index in [-0.39, 0.29) is 35.2 Å². The van der Waals surface area contributed by atoms with Gasteiger partial charge in [-0.05, 0) is 59.5 Å². The topological polar surface area (TPSA) is 44.8 Å². The number of carbonyl (C=O) groups is 1. The first-order chi connectivity index (χ1) is 17.2. The number of hydrogen-bond acceptors (Lipinski definition) is 4. The standard InChI is InChI=1S/C31H42O4Si/c1-23-21-25(34-29(23)19-18-26-22-24(2)30(32)35-26)13-12-20-33-36(31(3,4)5,27-14-8-6-9-15-27)28-16-10-7-11-17-28/h6-11,14-17,24-26,29H,1,12-13,18-22H2,2-5H3/t24-,25+,26?,29+/m1/s1. The summed E-state index contributed by atoms with van der Waals surface area (Å²) < 4.78 is 18.9. The highest BCUT2D eigenvalue weighted by Crippen LogP contribution is 2.37. The van der Waals surface area contributed by atoms with E-state index in [1.165, 1.54) is 15.9 Å². The van der Waals surface area contributed by atoms with Crippen LogP contribution in [0.1, 0.15) is 66.2 Å². The van der Waals surface area contributed by atoms with Gasteiger partial charge < -0.3 is 13.9 Å². The lowest BCUT2D eigenvalue weighted by Crippen LogP contribution is -2.66. The minimum atomic E-state index is -2.49. The van der Waals surface area contributed by atoms with Crippen LogP contribution in [0.4, 0.5) is 0 Å². The van der Waals surface area contributed by atoms with Gasteiger partial charge in [-0.25, -0.2) is 0 Å². The van der Waals surface area contributed by atoms with Crippen LogP contribution >= 0.6 is 0 Å². The highest BCUT2D eigenvalue weighted by Gasteiger charge is 2.50. The van der Waals surface area contributed by atoms with Gasteiger partial charge in [-0.3, -0.25) is 4.79 Å². The van der Waals surface area contributed by atoms with Gasteiger partial charge in [0.15, 0.2) is 0 Å². The molecule has 0 N–H and O–H groups in total. The van der Waals surface area contributed by atoms with Crippen LogP contribution in [-0.2, 0) is 18.7 Å². The molecule has 4 rings (SSSR count). The zero-order chi connectivity index (χ0) is 25.8. The van der Waals surface area contributed by atoms with E-state index in [2.05, 4.69) is 88.0 Å². The first kappa shape index (κ1) is 26.8. The summed E-state index contributed by atoms with van der Waals surface area (Å²) in [6, 6.07) is 21.6. The van der Waals surface area contributed by atoms with Crippen molar-refractivity contribution in [1.29, 1.82) is 0 Å². The average molecular weight is 507 g/mol. The van der Waals surface area contributed by atoms with Crippen LogP contribution in [0.15, 0.2) is 72.8 Å². The summed E-state index contributed by atoms with van der Waals surface area (Å²) in [6.45, 7) is 13.9. The van der Waals surface area contributed by atoms with E-state index in [4.69, 9.17) is 13.9 Å². The van der Waals surface area contributed by atoms with Crippen molar-refractivity contribution in [3.63, 3.8) is 0 Å². The van der Waals surface area contributed by atoms with Gasteiger partial charge in [0, 0.05) is 6.61 Å². The fourth-order valence-corrected chi connectivity index (χ4v) is 10.5. The molecule has 0 amide bonds. The van der Waals surface area contributed by atoms with Crippen molar-refractivity contribution < 1.29 is 18.7 Å². The first-order valence-electron chi connectivity index (χ1n) is 13.5. The molecular formula is C31H42O4Si. The molecule has 0 aliphatic carbocycles. The van der Waals surface area contributed by atoms with Crippen LogP contribution < -0.4 is 10.4 Å². The Kier molecular flexibility index (Phi) is 8.54. The van der Waals surface area contributed by atoms with Crippen molar-refractivity contribution in [3.8, 4) is 0 Å². The Bertz CT molecular complexity index is 974. The fourth-order valence-electron chi connectivity index (χ4n) is 5.87. The normalized spacial score (nSPS) is 24.8. The number of hydrogen-bond donors (Lipinski definition) is 0. The second kappa shape index (κ2) is 11.5. The van der Waals surface area contributed by atoms with Crippen LogP contribution in [-0.4, -0.2) is 39.2 Å². The minimum Gasteiger partial charge on any atom is -0.462 e. The summed E-state index contributed by atoms with van der Waals surface area (Å²) in [5.41, 5.74) is 1.17. The second-order valence-corrected chi connectivity index (χ2v) is 15.8. The SMILES string of the molecule is C=C1C[C@H](CCCO[Si](c2ccccc2)(c2ccccc2)C(C)(C)C)O[C@H]1CCC1C[C@@H](C)C(=O)O1. The molecule has 4 nitrogen and oxygen atoms in total. The molecule has 2 aliphatic rings. The van der Waals surface area contributed by atoms with E-state index in [1.807, 2.05) is 6.92 Å². The molecule has 2 fully saturated rings. The Balaban J connectivity index is 1.35. The van der Waals surface area contributed by atoms with Gasteiger partial charge in [0.05, 0.1) is 18.1 Å². The minimum absolute atomic E-state index is 0.0138. The number of ether oxygens (including phenoxy) is 2. The van der Waals surface area contributed by atoms with Crippen molar-refractivity contribution in [1.82, 2.24) is 0 Å². The van der Waals surface area contributed by atoms with E-state index in [0.29, 0.717) is 6.61 Å². The summed E-state index contributed by atoms with van der Waals surface area (Å²) >= 11 is 0. The predicted molar refractivity (Wildman–Crippen MR) is 148 cm³/mol. The zero-order valence-electron chi connectivity index (χ0n) is 22.4. The fraction of sp³-hybridized carbons (Fsp3) is 0.516. The molecule has 2 aliphatic heterocycles. The third-order valence-corrected chi connectivity index (χ3v) is 12.8. The van der Waals surface area contributed by atoms with Gasteiger partial charge in [-0.2, -0.15) is 0 Å². The summed E-state index contributed by atoms with van der Waals surface area (Å²) in [5, 5.41) is 2.62. The van der Waals surface area contributed by atoms with Crippen molar-refractivity contribution in [2.24, 2.45) is 5.92 Å². The predicted octanol–water partition coefficient (Wildman–Crippen LogP) is 5.79. The van der Waals surface area contributed by atoms with Gasteiger partial charge in [-0.1, -0.05) is 94.9 Å². The number of benzene rings is 2. The smallest absolute Gasteiger partial charge is 0.309 e. The average Bonchev–Trinajstić information content (AvgIpc) is 3.38. The summed E-state index contributed by atoms with van der Waals surface area (Å²) in [4.78, 5) is 11.7. The molecule has 0 spiro atoms. The zero-order valence-corrected chi connectivity index (χ0v) is 23.4. The van der Waals surface area contributed by atoms with Gasteiger partial charge in [0.1, 0.15) is 6.10 Å². The molecule has 194 valence electrons. The maximum absolute atomic E-state index is 11.7. The molecule has 1 unspecified atom stereocenters. The number of cyclic esters (lactones) is 1. The monoisotopic (exact) mass is 506 g/mol. The molecule has 4 atom stereocenters. The van der Waals surface area contributed by atoms with Crippen LogP contribution in [0.3, 0.4) is 0 Å². The molecule has 2 saturated heterocycles.